The SMILES string of the molecule is NNC(Cc1ccc(Br)cc1)C1COc2ccccc2C1. The fraction of sp³-hybridized carbons (Fsp3) is 0.294. The van der Waals surface area contributed by atoms with Gasteiger partial charge < -0.3 is 4.74 Å². The number of hydrogen-bond acceptors (Lipinski definition) is 3. The summed E-state index contributed by atoms with van der Waals surface area (Å²) in [6, 6.07) is 16.8. The van der Waals surface area contributed by atoms with Gasteiger partial charge in [-0.15, -0.1) is 0 Å². The van der Waals surface area contributed by atoms with Crippen LogP contribution in [0, 0.1) is 5.92 Å². The van der Waals surface area contributed by atoms with Crippen LogP contribution >= 0.6 is 15.9 Å². The van der Waals surface area contributed by atoms with Crippen molar-refractivity contribution in [3.8, 4) is 5.75 Å². The Morgan fingerprint density at radius 1 is 1.19 bits per heavy atom. The van der Waals surface area contributed by atoms with Crippen LogP contribution in [0.25, 0.3) is 0 Å². The topological polar surface area (TPSA) is 47.3 Å². The highest BCUT2D eigenvalue weighted by Crippen LogP contribution is 2.29. The van der Waals surface area contributed by atoms with Crippen molar-refractivity contribution in [1.29, 1.82) is 0 Å². The van der Waals surface area contributed by atoms with Gasteiger partial charge in [-0.3, -0.25) is 11.3 Å². The summed E-state index contributed by atoms with van der Waals surface area (Å²) in [5.41, 5.74) is 5.52. The van der Waals surface area contributed by atoms with E-state index < -0.39 is 0 Å². The number of rotatable bonds is 4. The van der Waals surface area contributed by atoms with Gasteiger partial charge in [0.25, 0.3) is 0 Å². The molecule has 2 aromatic carbocycles. The third-order valence-corrected chi connectivity index (χ3v) is 4.59. The van der Waals surface area contributed by atoms with Crippen molar-refractivity contribution in [1.82, 2.24) is 5.43 Å². The fourth-order valence-electron chi connectivity index (χ4n) is 2.85. The number of halogens is 1. The molecular formula is C17H19BrN2O. The third-order valence-electron chi connectivity index (χ3n) is 4.06. The van der Waals surface area contributed by atoms with Crippen LogP contribution in [0.3, 0.4) is 0 Å². The Kier molecular flexibility index (Phi) is 4.58. The molecule has 0 radical (unpaired) electrons. The van der Waals surface area contributed by atoms with Crippen molar-refractivity contribution in [2.75, 3.05) is 6.61 Å². The zero-order valence-electron chi connectivity index (χ0n) is 11.8. The Bertz CT molecular complexity index is 600. The van der Waals surface area contributed by atoms with Crippen LogP contribution in [-0.2, 0) is 12.8 Å². The summed E-state index contributed by atoms with van der Waals surface area (Å²) < 4.78 is 6.97. The number of benzene rings is 2. The van der Waals surface area contributed by atoms with Crippen LogP contribution < -0.4 is 16.0 Å². The summed E-state index contributed by atoms with van der Waals surface area (Å²) in [6.07, 6.45) is 1.90. The van der Waals surface area contributed by atoms with Crippen LogP contribution in [0.15, 0.2) is 53.0 Å². The Labute approximate surface area is 133 Å². The first-order valence-corrected chi connectivity index (χ1v) is 7.97. The van der Waals surface area contributed by atoms with E-state index in [-0.39, 0.29) is 6.04 Å². The van der Waals surface area contributed by atoms with Gasteiger partial charge >= 0.3 is 0 Å². The smallest absolute Gasteiger partial charge is 0.122 e. The van der Waals surface area contributed by atoms with Crippen LogP contribution in [0.1, 0.15) is 11.1 Å². The Morgan fingerprint density at radius 2 is 1.95 bits per heavy atom. The number of ether oxygens (including phenoxy) is 1. The second-order valence-electron chi connectivity index (χ2n) is 5.49. The van der Waals surface area contributed by atoms with E-state index in [9.17, 15) is 0 Å². The molecule has 3 N–H and O–H groups in total. The largest absolute Gasteiger partial charge is 0.493 e. The minimum Gasteiger partial charge on any atom is -0.493 e. The number of nitrogens with one attached hydrogen (secondary N) is 1. The zero-order chi connectivity index (χ0) is 14.7. The molecule has 0 amide bonds. The zero-order valence-corrected chi connectivity index (χ0v) is 13.3. The minimum absolute atomic E-state index is 0.208. The van der Waals surface area contributed by atoms with Crippen LogP contribution in [0.5, 0.6) is 5.75 Å². The number of para-hydroxylation sites is 1. The Hall–Kier alpha value is -1.36. The van der Waals surface area contributed by atoms with E-state index in [1.165, 1.54) is 11.1 Å². The number of hydrazine groups is 1. The maximum Gasteiger partial charge on any atom is 0.122 e. The molecule has 3 rings (SSSR count). The summed E-state index contributed by atoms with van der Waals surface area (Å²) in [5, 5.41) is 0. The summed E-state index contributed by atoms with van der Waals surface area (Å²) >= 11 is 3.46. The van der Waals surface area contributed by atoms with E-state index in [0.29, 0.717) is 12.5 Å². The van der Waals surface area contributed by atoms with E-state index in [1.807, 2.05) is 12.1 Å². The first-order chi connectivity index (χ1) is 10.3. The van der Waals surface area contributed by atoms with Crippen molar-refractivity contribution in [3.05, 3.63) is 64.1 Å². The van der Waals surface area contributed by atoms with Crippen molar-refractivity contribution in [2.24, 2.45) is 11.8 Å². The predicted octanol–water partition coefficient (Wildman–Crippen LogP) is 3.07. The van der Waals surface area contributed by atoms with Gasteiger partial charge in [0.15, 0.2) is 0 Å². The molecule has 0 spiro atoms. The molecule has 0 bridgehead atoms. The average Bonchev–Trinajstić information content (AvgIpc) is 2.54. The summed E-state index contributed by atoms with van der Waals surface area (Å²) in [4.78, 5) is 0. The van der Waals surface area contributed by atoms with Gasteiger partial charge in [-0.2, -0.15) is 0 Å². The van der Waals surface area contributed by atoms with Gasteiger partial charge in [-0.25, -0.2) is 0 Å². The van der Waals surface area contributed by atoms with Gasteiger partial charge in [0, 0.05) is 16.4 Å². The molecule has 2 aromatic rings. The molecule has 2 unspecified atom stereocenters. The average molecular weight is 347 g/mol. The fourth-order valence-corrected chi connectivity index (χ4v) is 3.11. The lowest BCUT2D eigenvalue weighted by Gasteiger charge is -2.31. The molecule has 3 nitrogen and oxygen atoms in total. The van der Waals surface area contributed by atoms with E-state index >= 15 is 0 Å². The molecule has 1 aliphatic rings. The first-order valence-electron chi connectivity index (χ1n) is 7.17. The normalized spacial score (nSPS) is 18.7. The number of fused-ring (bicyclic) bond motifs is 1. The molecule has 0 saturated heterocycles. The molecule has 1 heterocycles. The van der Waals surface area contributed by atoms with Crippen LogP contribution in [0.2, 0.25) is 0 Å². The lowest BCUT2D eigenvalue weighted by Crippen LogP contribution is -2.46. The molecule has 0 fully saturated rings. The minimum atomic E-state index is 0.208. The molecule has 0 aromatic heterocycles. The van der Waals surface area contributed by atoms with E-state index in [1.54, 1.807) is 0 Å². The molecule has 1 aliphatic heterocycles. The van der Waals surface area contributed by atoms with Gasteiger partial charge in [0.2, 0.25) is 0 Å². The quantitative estimate of drug-likeness (QED) is 0.660. The first kappa shape index (κ1) is 14.6. The van der Waals surface area contributed by atoms with Crippen LogP contribution in [0.4, 0.5) is 0 Å². The Balaban J connectivity index is 1.71. The van der Waals surface area contributed by atoms with Crippen molar-refractivity contribution < 1.29 is 4.74 Å². The second-order valence-corrected chi connectivity index (χ2v) is 6.40. The van der Waals surface area contributed by atoms with E-state index in [0.717, 1.165) is 23.1 Å². The van der Waals surface area contributed by atoms with Crippen molar-refractivity contribution in [3.63, 3.8) is 0 Å². The molecule has 0 aliphatic carbocycles. The van der Waals surface area contributed by atoms with E-state index in [4.69, 9.17) is 10.6 Å². The third kappa shape index (κ3) is 3.46. The van der Waals surface area contributed by atoms with Gasteiger partial charge in [0.1, 0.15) is 5.75 Å². The summed E-state index contributed by atoms with van der Waals surface area (Å²) in [5.74, 6) is 7.18. The summed E-state index contributed by atoms with van der Waals surface area (Å²) in [7, 11) is 0. The van der Waals surface area contributed by atoms with Crippen LogP contribution in [-0.4, -0.2) is 12.6 Å². The molecular weight excluding hydrogens is 328 g/mol. The molecule has 110 valence electrons. The van der Waals surface area contributed by atoms with E-state index in [2.05, 4.69) is 57.8 Å². The second kappa shape index (κ2) is 6.60. The van der Waals surface area contributed by atoms with Gasteiger partial charge in [0.05, 0.1) is 6.61 Å². The maximum atomic E-state index is 5.87. The highest BCUT2D eigenvalue weighted by Gasteiger charge is 2.26. The standard InChI is InChI=1S/C17H19BrN2O/c18-15-7-5-12(6-8-15)9-16(20-19)14-10-13-3-1-2-4-17(13)21-11-14/h1-8,14,16,20H,9-11,19H2. The lowest BCUT2D eigenvalue weighted by molar-refractivity contribution is 0.183. The van der Waals surface area contributed by atoms with Gasteiger partial charge in [-0.1, -0.05) is 46.3 Å². The monoisotopic (exact) mass is 346 g/mol. The highest BCUT2D eigenvalue weighted by atomic mass is 79.9. The van der Waals surface area contributed by atoms with Crippen molar-refractivity contribution in [2.45, 2.75) is 18.9 Å². The lowest BCUT2D eigenvalue weighted by atomic mass is 9.87. The van der Waals surface area contributed by atoms with Gasteiger partial charge in [-0.05, 0) is 42.2 Å². The molecule has 21 heavy (non-hydrogen) atoms. The maximum absolute atomic E-state index is 5.87. The summed E-state index contributed by atoms with van der Waals surface area (Å²) in [6.45, 7) is 0.711. The number of hydrogen-bond donors (Lipinski definition) is 2. The molecule has 4 heteroatoms. The molecule has 0 saturated carbocycles. The van der Waals surface area contributed by atoms with Crippen molar-refractivity contribution >= 4 is 15.9 Å². The predicted molar refractivity (Wildman–Crippen MR) is 88.1 cm³/mol. The highest BCUT2D eigenvalue weighted by molar-refractivity contribution is 9.10. The Morgan fingerprint density at radius 3 is 2.71 bits per heavy atom. The number of nitrogens with two attached hydrogens (primary N) is 1. The molecule has 2 atom stereocenters.